The maximum absolute atomic E-state index is 13.2. The average Bonchev–Trinajstić information content (AvgIpc) is 2.64. The Labute approximate surface area is 106 Å². The molecule has 4 heteroatoms. The van der Waals surface area contributed by atoms with Crippen LogP contribution in [0.5, 0.6) is 0 Å². The lowest BCUT2D eigenvalue weighted by Gasteiger charge is -2.11. The molecule has 0 aliphatic heterocycles. The predicted octanol–water partition coefficient (Wildman–Crippen LogP) is 2.42. The number of nitrogens with two attached hydrogens (primary N) is 1. The average molecular weight is 247 g/mol. The molecule has 1 unspecified atom stereocenters. The van der Waals surface area contributed by atoms with Crippen molar-refractivity contribution in [2.24, 2.45) is 12.8 Å². The quantitative estimate of drug-likeness (QED) is 0.905. The number of benzene rings is 1. The Morgan fingerprint density at radius 2 is 2.06 bits per heavy atom. The molecule has 2 N–H and O–H groups in total. The Morgan fingerprint density at radius 1 is 1.33 bits per heavy atom. The first-order valence-electron chi connectivity index (χ1n) is 5.98. The first-order valence-corrected chi connectivity index (χ1v) is 5.98. The van der Waals surface area contributed by atoms with E-state index < -0.39 is 0 Å². The summed E-state index contributed by atoms with van der Waals surface area (Å²) in [6.45, 7) is 3.95. The summed E-state index contributed by atoms with van der Waals surface area (Å²) in [6, 6.07) is 6.56. The molecule has 0 aliphatic rings. The van der Waals surface area contributed by atoms with E-state index in [1.54, 1.807) is 16.8 Å². The van der Waals surface area contributed by atoms with Gasteiger partial charge in [0.2, 0.25) is 0 Å². The Hall–Kier alpha value is -1.68. The van der Waals surface area contributed by atoms with Crippen LogP contribution in [0, 0.1) is 19.7 Å². The van der Waals surface area contributed by atoms with Gasteiger partial charge in [0.05, 0.1) is 11.7 Å². The highest BCUT2D eigenvalue weighted by Crippen LogP contribution is 2.19. The van der Waals surface area contributed by atoms with Crippen molar-refractivity contribution in [2.45, 2.75) is 26.3 Å². The third kappa shape index (κ3) is 2.59. The largest absolute Gasteiger partial charge is 0.322 e. The third-order valence-corrected chi connectivity index (χ3v) is 3.26. The van der Waals surface area contributed by atoms with Gasteiger partial charge in [0.1, 0.15) is 5.82 Å². The highest BCUT2D eigenvalue weighted by Gasteiger charge is 2.13. The number of rotatable bonds is 3. The SMILES string of the molecule is Cc1ccc(F)cc1CC(N)c1cc(C)n(C)n1. The molecule has 2 rings (SSSR count). The summed E-state index contributed by atoms with van der Waals surface area (Å²) in [4.78, 5) is 0. The van der Waals surface area contributed by atoms with Crippen molar-refractivity contribution in [1.29, 1.82) is 0 Å². The van der Waals surface area contributed by atoms with Crippen LogP contribution in [0.3, 0.4) is 0 Å². The third-order valence-electron chi connectivity index (χ3n) is 3.26. The summed E-state index contributed by atoms with van der Waals surface area (Å²) in [5.41, 5.74) is 10.0. The number of aromatic nitrogens is 2. The van der Waals surface area contributed by atoms with Crippen LogP contribution in [0.2, 0.25) is 0 Å². The zero-order chi connectivity index (χ0) is 13.3. The smallest absolute Gasteiger partial charge is 0.123 e. The first-order chi connectivity index (χ1) is 8.47. The van der Waals surface area contributed by atoms with Gasteiger partial charge in [-0.1, -0.05) is 6.07 Å². The minimum Gasteiger partial charge on any atom is -0.322 e. The topological polar surface area (TPSA) is 43.8 Å². The van der Waals surface area contributed by atoms with E-state index in [0.29, 0.717) is 6.42 Å². The number of aryl methyl sites for hydroxylation is 3. The molecular weight excluding hydrogens is 229 g/mol. The molecule has 0 spiro atoms. The standard InChI is InChI=1S/C14H18FN3/c1-9-4-5-12(15)7-11(9)8-13(16)14-6-10(2)18(3)17-14/h4-7,13H,8,16H2,1-3H3. The molecule has 1 aromatic heterocycles. The van der Waals surface area contributed by atoms with Gasteiger partial charge in [-0.25, -0.2) is 4.39 Å². The molecule has 0 saturated heterocycles. The van der Waals surface area contributed by atoms with Crippen LogP contribution in [0.4, 0.5) is 4.39 Å². The maximum Gasteiger partial charge on any atom is 0.123 e. The molecule has 3 nitrogen and oxygen atoms in total. The van der Waals surface area contributed by atoms with E-state index >= 15 is 0 Å². The predicted molar refractivity (Wildman–Crippen MR) is 69.7 cm³/mol. The van der Waals surface area contributed by atoms with Gasteiger partial charge in [-0.05, 0) is 49.6 Å². The summed E-state index contributed by atoms with van der Waals surface area (Å²) in [5, 5.41) is 4.36. The Kier molecular flexibility index (Phi) is 3.48. The zero-order valence-corrected chi connectivity index (χ0v) is 10.9. The second-order valence-electron chi connectivity index (χ2n) is 4.72. The van der Waals surface area contributed by atoms with Gasteiger partial charge in [0, 0.05) is 12.7 Å². The molecule has 1 heterocycles. The van der Waals surface area contributed by atoms with Gasteiger partial charge in [-0.2, -0.15) is 5.10 Å². The lowest BCUT2D eigenvalue weighted by atomic mass is 9.99. The molecule has 1 atom stereocenters. The van der Waals surface area contributed by atoms with Crippen LogP contribution in [-0.2, 0) is 13.5 Å². The van der Waals surface area contributed by atoms with E-state index in [2.05, 4.69) is 5.10 Å². The molecule has 0 fully saturated rings. The van der Waals surface area contributed by atoms with Crippen molar-refractivity contribution >= 4 is 0 Å². The fourth-order valence-electron chi connectivity index (χ4n) is 1.97. The molecule has 0 bridgehead atoms. The van der Waals surface area contributed by atoms with Crippen molar-refractivity contribution in [1.82, 2.24) is 9.78 Å². The number of halogens is 1. The molecule has 2 aromatic rings. The normalized spacial score (nSPS) is 12.7. The van der Waals surface area contributed by atoms with Crippen molar-refractivity contribution in [2.75, 3.05) is 0 Å². The Balaban J connectivity index is 2.20. The van der Waals surface area contributed by atoms with E-state index in [9.17, 15) is 4.39 Å². The fraction of sp³-hybridized carbons (Fsp3) is 0.357. The monoisotopic (exact) mass is 247 g/mol. The molecule has 18 heavy (non-hydrogen) atoms. The van der Waals surface area contributed by atoms with Gasteiger partial charge < -0.3 is 5.73 Å². The summed E-state index contributed by atoms with van der Waals surface area (Å²) in [6.07, 6.45) is 0.597. The van der Waals surface area contributed by atoms with Gasteiger partial charge >= 0.3 is 0 Å². The van der Waals surface area contributed by atoms with Crippen molar-refractivity contribution in [3.8, 4) is 0 Å². The number of nitrogens with zero attached hydrogens (tertiary/aromatic N) is 2. The zero-order valence-electron chi connectivity index (χ0n) is 10.9. The second kappa shape index (κ2) is 4.90. The van der Waals surface area contributed by atoms with E-state index in [-0.39, 0.29) is 11.9 Å². The summed E-state index contributed by atoms with van der Waals surface area (Å²) < 4.78 is 15.0. The van der Waals surface area contributed by atoms with Crippen LogP contribution in [0.1, 0.15) is 28.6 Å². The summed E-state index contributed by atoms with van der Waals surface area (Å²) in [7, 11) is 1.89. The molecular formula is C14H18FN3. The molecule has 96 valence electrons. The maximum atomic E-state index is 13.2. The second-order valence-corrected chi connectivity index (χ2v) is 4.72. The number of hydrogen-bond acceptors (Lipinski definition) is 2. The molecule has 0 amide bonds. The lowest BCUT2D eigenvalue weighted by Crippen LogP contribution is -2.15. The number of hydrogen-bond donors (Lipinski definition) is 1. The Morgan fingerprint density at radius 3 is 2.67 bits per heavy atom. The van der Waals surface area contributed by atoms with Gasteiger partial charge in [-0.15, -0.1) is 0 Å². The van der Waals surface area contributed by atoms with Crippen molar-refractivity contribution < 1.29 is 4.39 Å². The molecule has 0 aliphatic carbocycles. The van der Waals surface area contributed by atoms with Crippen molar-refractivity contribution in [3.63, 3.8) is 0 Å². The van der Waals surface area contributed by atoms with E-state index in [4.69, 9.17) is 5.73 Å². The van der Waals surface area contributed by atoms with Crippen LogP contribution < -0.4 is 5.73 Å². The van der Waals surface area contributed by atoms with Crippen LogP contribution in [0.25, 0.3) is 0 Å². The van der Waals surface area contributed by atoms with Crippen LogP contribution in [-0.4, -0.2) is 9.78 Å². The highest BCUT2D eigenvalue weighted by molar-refractivity contribution is 5.28. The van der Waals surface area contributed by atoms with Gasteiger partial charge in [-0.3, -0.25) is 4.68 Å². The van der Waals surface area contributed by atoms with E-state index in [1.165, 1.54) is 6.07 Å². The summed E-state index contributed by atoms with van der Waals surface area (Å²) >= 11 is 0. The molecule has 0 radical (unpaired) electrons. The minimum atomic E-state index is -0.222. The lowest BCUT2D eigenvalue weighted by molar-refractivity contribution is 0.616. The van der Waals surface area contributed by atoms with E-state index in [1.807, 2.05) is 27.0 Å². The fourth-order valence-corrected chi connectivity index (χ4v) is 1.97. The van der Waals surface area contributed by atoms with Crippen LogP contribution >= 0.6 is 0 Å². The van der Waals surface area contributed by atoms with Gasteiger partial charge in [0.15, 0.2) is 0 Å². The molecule has 0 saturated carbocycles. The highest BCUT2D eigenvalue weighted by atomic mass is 19.1. The van der Waals surface area contributed by atoms with Crippen molar-refractivity contribution in [3.05, 3.63) is 52.6 Å². The summed E-state index contributed by atoms with van der Waals surface area (Å²) in [5.74, 6) is -0.222. The van der Waals surface area contributed by atoms with Gasteiger partial charge in [0.25, 0.3) is 0 Å². The minimum absolute atomic E-state index is 0.203. The molecule has 1 aromatic carbocycles. The van der Waals surface area contributed by atoms with Crippen LogP contribution in [0.15, 0.2) is 24.3 Å². The van der Waals surface area contributed by atoms with E-state index in [0.717, 1.165) is 22.5 Å². The Bertz CT molecular complexity index is 541. The first kappa shape index (κ1) is 12.8.